The van der Waals surface area contributed by atoms with E-state index < -0.39 is 0 Å². The van der Waals surface area contributed by atoms with Crippen LogP contribution in [0.5, 0.6) is 11.5 Å². The largest absolute Gasteiger partial charge is 0.494 e. The van der Waals surface area contributed by atoms with Crippen molar-refractivity contribution in [1.29, 1.82) is 0 Å². The van der Waals surface area contributed by atoms with Crippen LogP contribution in [-0.4, -0.2) is 18.4 Å². The smallest absolute Gasteiger partial charge is 0.308 e. The maximum Gasteiger partial charge on any atom is 0.308 e. The molecule has 4 nitrogen and oxygen atoms in total. The van der Waals surface area contributed by atoms with Gasteiger partial charge in [-0.25, -0.2) is 0 Å². The third-order valence-corrected chi connectivity index (χ3v) is 2.97. The predicted molar refractivity (Wildman–Crippen MR) is 83.4 cm³/mol. The van der Waals surface area contributed by atoms with Gasteiger partial charge in [0.25, 0.3) is 0 Å². The van der Waals surface area contributed by atoms with Crippen LogP contribution in [0, 0.1) is 0 Å². The van der Waals surface area contributed by atoms with Gasteiger partial charge in [-0.3, -0.25) is 9.59 Å². The van der Waals surface area contributed by atoms with Crippen LogP contribution in [0.1, 0.15) is 36.2 Å². The zero-order chi connectivity index (χ0) is 15.9. The summed E-state index contributed by atoms with van der Waals surface area (Å²) in [5.41, 5.74) is 1.13. The SMILES string of the molecule is CCCOc1ccc(C(=O)c2ccc(OC(C)=O)cc2)cc1. The molecule has 0 aliphatic heterocycles. The zero-order valence-electron chi connectivity index (χ0n) is 12.7. The van der Waals surface area contributed by atoms with E-state index in [9.17, 15) is 9.59 Å². The molecule has 2 rings (SSSR count). The Morgan fingerprint density at radius 2 is 1.36 bits per heavy atom. The van der Waals surface area contributed by atoms with Crippen LogP contribution in [0.15, 0.2) is 48.5 Å². The van der Waals surface area contributed by atoms with Crippen LogP contribution in [0.3, 0.4) is 0 Å². The lowest BCUT2D eigenvalue weighted by Gasteiger charge is -2.06. The highest BCUT2D eigenvalue weighted by Crippen LogP contribution is 2.18. The van der Waals surface area contributed by atoms with Gasteiger partial charge in [0.15, 0.2) is 5.78 Å². The van der Waals surface area contributed by atoms with Gasteiger partial charge in [0.1, 0.15) is 11.5 Å². The highest BCUT2D eigenvalue weighted by atomic mass is 16.5. The van der Waals surface area contributed by atoms with Crippen LogP contribution in [-0.2, 0) is 4.79 Å². The number of rotatable bonds is 6. The van der Waals surface area contributed by atoms with Gasteiger partial charge in [0.05, 0.1) is 6.61 Å². The maximum absolute atomic E-state index is 12.4. The molecule has 114 valence electrons. The molecule has 4 heteroatoms. The van der Waals surface area contributed by atoms with Crippen molar-refractivity contribution in [2.45, 2.75) is 20.3 Å². The molecule has 0 heterocycles. The number of esters is 1. The average molecular weight is 298 g/mol. The first-order valence-electron chi connectivity index (χ1n) is 7.16. The lowest BCUT2D eigenvalue weighted by atomic mass is 10.0. The number of carbonyl (C=O) groups is 2. The van der Waals surface area contributed by atoms with Crippen molar-refractivity contribution in [3.8, 4) is 11.5 Å². The molecule has 0 aliphatic carbocycles. The quantitative estimate of drug-likeness (QED) is 0.464. The normalized spacial score (nSPS) is 10.1. The van der Waals surface area contributed by atoms with Crippen molar-refractivity contribution in [2.24, 2.45) is 0 Å². The molecule has 0 N–H and O–H groups in total. The van der Waals surface area contributed by atoms with Crippen LogP contribution < -0.4 is 9.47 Å². The van der Waals surface area contributed by atoms with Gasteiger partial charge >= 0.3 is 5.97 Å². The number of ether oxygens (including phenoxy) is 2. The van der Waals surface area contributed by atoms with E-state index in [1.165, 1.54) is 6.92 Å². The van der Waals surface area contributed by atoms with E-state index in [1.54, 1.807) is 48.5 Å². The van der Waals surface area contributed by atoms with Crippen molar-refractivity contribution in [3.05, 3.63) is 59.7 Å². The first kappa shape index (κ1) is 15.8. The molecule has 22 heavy (non-hydrogen) atoms. The number of benzene rings is 2. The molecule has 0 amide bonds. The third kappa shape index (κ3) is 4.19. The molecule has 0 fully saturated rings. The minimum atomic E-state index is -0.387. The Balaban J connectivity index is 2.08. The van der Waals surface area contributed by atoms with Gasteiger partial charge in [0.2, 0.25) is 0 Å². The summed E-state index contributed by atoms with van der Waals surface area (Å²) in [6.07, 6.45) is 0.940. The van der Waals surface area contributed by atoms with Crippen LogP contribution >= 0.6 is 0 Å². The van der Waals surface area contributed by atoms with Crippen molar-refractivity contribution >= 4 is 11.8 Å². The Labute approximate surface area is 129 Å². The van der Waals surface area contributed by atoms with Crippen LogP contribution in [0.2, 0.25) is 0 Å². The fourth-order valence-corrected chi connectivity index (χ4v) is 1.93. The molecule has 0 radical (unpaired) electrons. The topological polar surface area (TPSA) is 52.6 Å². The van der Waals surface area contributed by atoms with Crippen molar-refractivity contribution < 1.29 is 19.1 Å². The third-order valence-electron chi connectivity index (χ3n) is 2.97. The van der Waals surface area contributed by atoms with Gasteiger partial charge in [0, 0.05) is 18.1 Å². The van der Waals surface area contributed by atoms with Gasteiger partial charge in [-0.1, -0.05) is 6.92 Å². The molecule has 0 atom stereocenters. The van der Waals surface area contributed by atoms with E-state index in [0.29, 0.717) is 23.5 Å². The van der Waals surface area contributed by atoms with E-state index in [1.807, 2.05) is 6.92 Å². The maximum atomic E-state index is 12.4. The van der Waals surface area contributed by atoms with Crippen LogP contribution in [0.25, 0.3) is 0 Å². The summed E-state index contributed by atoms with van der Waals surface area (Å²) in [5, 5.41) is 0. The summed E-state index contributed by atoms with van der Waals surface area (Å²) in [5.74, 6) is 0.703. The average Bonchev–Trinajstić information content (AvgIpc) is 2.53. The number of hydrogen-bond donors (Lipinski definition) is 0. The highest BCUT2D eigenvalue weighted by Gasteiger charge is 2.09. The van der Waals surface area contributed by atoms with Gasteiger partial charge in [-0.15, -0.1) is 0 Å². The summed E-state index contributed by atoms with van der Waals surface area (Å²) < 4.78 is 10.4. The monoisotopic (exact) mass is 298 g/mol. The standard InChI is InChI=1S/C18H18O4/c1-3-12-21-16-8-4-14(5-9-16)18(20)15-6-10-17(11-7-15)22-13(2)19/h4-11H,3,12H2,1-2H3. The minimum absolute atomic E-state index is 0.0867. The summed E-state index contributed by atoms with van der Waals surface area (Å²) in [7, 11) is 0. The molecular formula is C18H18O4. The second-order valence-electron chi connectivity index (χ2n) is 4.82. The lowest BCUT2D eigenvalue weighted by Crippen LogP contribution is -2.04. The second-order valence-corrected chi connectivity index (χ2v) is 4.82. The Hall–Kier alpha value is -2.62. The molecule has 0 spiro atoms. The van der Waals surface area contributed by atoms with Crippen LogP contribution in [0.4, 0.5) is 0 Å². The Bertz CT molecular complexity index is 642. The molecule has 0 bridgehead atoms. The first-order chi connectivity index (χ1) is 10.6. The summed E-state index contributed by atoms with van der Waals surface area (Å²) in [4.78, 5) is 23.2. The number of hydrogen-bond acceptors (Lipinski definition) is 4. The van der Waals surface area contributed by atoms with E-state index >= 15 is 0 Å². The molecule has 0 saturated carbocycles. The Morgan fingerprint density at radius 1 is 0.864 bits per heavy atom. The fourth-order valence-electron chi connectivity index (χ4n) is 1.93. The summed E-state index contributed by atoms with van der Waals surface area (Å²) in [6, 6.07) is 13.6. The van der Waals surface area contributed by atoms with E-state index in [0.717, 1.165) is 12.2 Å². The summed E-state index contributed by atoms with van der Waals surface area (Å²) in [6.45, 7) is 4.03. The van der Waals surface area contributed by atoms with E-state index in [2.05, 4.69) is 0 Å². The highest BCUT2D eigenvalue weighted by molar-refractivity contribution is 6.09. The van der Waals surface area contributed by atoms with Crippen molar-refractivity contribution in [2.75, 3.05) is 6.61 Å². The minimum Gasteiger partial charge on any atom is -0.494 e. The number of carbonyl (C=O) groups excluding carboxylic acids is 2. The van der Waals surface area contributed by atoms with Crippen molar-refractivity contribution in [3.63, 3.8) is 0 Å². The molecule has 0 aliphatic rings. The molecule has 2 aromatic rings. The van der Waals surface area contributed by atoms with Gasteiger partial charge in [-0.2, -0.15) is 0 Å². The molecule has 2 aromatic carbocycles. The zero-order valence-corrected chi connectivity index (χ0v) is 12.7. The van der Waals surface area contributed by atoms with Gasteiger partial charge < -0.3 is 9.47 Å². The predicted octanol–water partition coefficient (Wildman–Crippen LogP) is 3.63. The second kappa shape index (κ2) is 7.41. The lowest BCUT2D eigenvalue weighted by molar-refractivity contribution is -0.131. The molecule has 0 unspecified atom stereocenters. The van der Waals surface area contributed by atoms with E-state index in [4.69, 9.17) is 9.47 Å². The molecular weight excluding hydrogens is 280 g/mol. The Kier molecular flexibility index (Phi) is 5.31. The van der Waals surface area contributed by atoms with E-state index in [-0.39, 0.29) is 11.8 Å². The Morgan fingerprint density at radius 3 is 1.82 bits per heavy atom. The number of ketones is 1. The van der Waals surface area contributed by atoms with Gasteiger partial charge in [-0.05, 0) is 55.0 Å². The fraction of sp³-hybridized carbons (Fsp3) is 0.222. The summed E-state index contributed by atoms with van der Waals surface area (Å²) >= 11 is 0. The molecule has 0 aromatic heterocycles. The van der Waals surface area contributed by atoms with Crippen molar-refractivity contribution in [1.82, 2.24) is 0 Å². The molecule has 0 saturated heterocycles. The first-order valence-corrected chi connectivity index (χ1v) is 7.16.